The van der Waals surface area contributed by atoms with Gasteiger partial charge < -0.3 is 15.9 Å². The number of hydrogen-bond acceptors (Lipinski definition) is 5. The lowest BCUT2D eigenvalue weighted by molar-refractivity contribution is -0.0808. The third-order valence-electron chi connectivity index (χ3n) is 5.80. The van der Waals surface area contributed by atoms with E-state index in [-0.39, 0.29) is 11.4 Å². The number of benzene rings is 3. The summed E-state index contributed by atoms with van der Waals surface area (Å²) < 4.78 is 13.2. The normalized spacial score (nSPS) is 11.2. The van der Waals surface area contributed by atoms with Gasteiger partial charge in [0.25, 0.3) is 0 Å². The summed E-state index contributed by atoms with van der Waals surface area (Å²) in [6, 6.07) is 18.3. The van der Waals surface area contributed by atoms with E-state index >= 15 is 0 Å². The molecule has 0 radical (unpaired) electrons. The molecule has 204 valence electrons. The smallest absolute Gasteiger partial charge is 0.352 e. The van der Waals surface area contributed by atoms with Crippen LogP contribution in [0, 0.1) is 24.6 Å². The fraction of sp³-hybridized carbons (Fsp3) is 0.133. The molecule has 2 amide bonds. The minimum atomic E-state index is -0.978. The Morgan fingerprint density at radius 3 is 2.52 bits per heavy atom. The Labute approximate surface area is 245 Å². The highest BCUT2D eigenvalue weighted by Gasteiger charge is 2.24. The van der Waals surface area contributed by atoms with E-state index in [1.807, 2.05) is 19.1 Å². The Balaban J connectivity index is 1.48. The van der Waals surface area contributed by atoms with E-state index in [2.05, 4.69) is 17.2 Å². The SMILES string of the molecule is Cc1ccc(Cl)c(Nc2ccccc2C(=O)ON(C(N)=O)C(C)C#Cc2ccc(Cc3ccc(F)cc3)s2)c1Cl. The number of carbonyl (C=O) groups is 2. The van der Waals surface area contributed by atoms with Crippen molar-refractivity contribution in [2.75, 3.05) is 5.32 Å². The van der Waals surface area contributed by atoms with Crippen molar-refractivity contribution in [1.82, 2.24) is 5.06 Å². The summed E-state index contributed by atoms with van der Waals surface area (Å²) in [5.74, 6) is 4.79. The molecular formula is C30H24Cl2FN3O3S. The maximum atomic E-state index is 13.2. The van der Waals surface area contributed by atoms with Crippen molar-refractivity contribution < 1.29 is 18.8 Å². The number of carbonyl (C=O) groups excluding carboxylic acids is 2. The van der Waals surface area contributed by atoms with Crippen molar-refractivity contribution in [2.45, 2.75) is 26.3 Å². The highest BCUT2D eigenvalue weighted by Crippen LogP contribution is 2.36. The Kier molecular flexibility index (Phi) is 9.33. The summed E-state index contributed by atoms with van der Waals surface area (Å²) >= 11 is 14.2. The maximum absolute atomic E-state index is 13.2. The van der Waals surface area contributed by atoms with Crippen LogP contribution in [-0.4, -0.2) is 23.1 Å². The molecule has 0 saturated heterocycles. The van der Waals surface area contributed by atoms with Gasteiger partial charge in [0, 0.05) is 11.3 Å². The topological polar surface area (TPSA) is 84.7 Å². The highest BCUT2D eigenvalue weighted by atomic mass is 35.5. The number of amides is 2. The van der Waals surface area contributed by atoms with Crippen molar-refractivity contribution in [2.24, 2.45) is 5.73 Å². The zero-order valence-electron chi connectivity index (χ0n) is 21.5. The van der Waals surface area contributed by atoms with Crippen LogP contribution in [-0.2, 0) is 11.3 Å². The van der Waals surface area contributed by atoms with Crippen molar-refractivity contribution in [3.8, 4) is 11.8 Å². The second-order valence-corrected chi connectivity index (χ2v) is 10.7. The zero-order chi connectivity index (χ0) is 28.8. The number of nitrogens with zero attached hydrogens (tertiary/aromatic N) is 1. The molecule has 0 spiro atoms. The van der Waals surface area contributed by atoms with E-state index in [1.54, 1.807) is 49.4 Å². The number of hydrogen-bond donors (Lipinski definition) is 2. The molecule has 4 rings (SSSR count). The number of halogens is 3. The van der Waals surface area contributed by atoms with E-state index in [9.17, 15) is 14.0 Å². The number of urea groups is 1. The number of aryl methyl sites for hydroxylation is 1. The van der Waals surface area contributed by atoms with Crippen LogP contribution in [0.4, 0.5) is 20.6 Å². The van der Waals surface area contributed by atoms with E-state index < -0.39 is 18.0 Å². The lowest BCUT2D eigenvalue weighted by Crippen LogP contribution is -2.43. The van der Waals surface area contributed by atoms with Gasteiger partial charge >= 0.3 is 12.0 Å². The van der Waals surface area contributed by atoms with Gasteiger partial charge in [-0.05, 0) is 67.4 Å². The van der Waals surface area contributed by atoms with Crippen LogP contribution in [0.15, 0.2) is 72.8 Å². The van der Waals surface area contributed by atoms with Crippen LogP contribution in [0.2, 0.25) is 10.0 Å². The maximum Gasteiger partial charge on any atom is 0.365 e. The average Bonchev–Trinajstić information content (AvgIpc) is 3.39. The van der Waals surface area contributed by atoms with Crippen LogP contribution < -0.4 is 11.1 Å². The first-order valence-corrected chi connectivity index (χ1v) is 13.7. The van der Waals surface area contributed by atoms with Crippen molar-refractivity contribution >= 4 is 57.9 Å². The first kappa shape index (κ1) is 29.0. The monoisotopic (exact) mass is 595 g/mol. The molecule has 10 heteroatoms. The largest absolute Gasteiger partial charge is 0.365 e. The number of para-hydroxylation sites is 1. The van der Waals surface area contributed by atoms with Crippen molar-refractivity contribution in [3.63, 3.8) is 0 Å². The molecular weight excluding hydrogens is 572 g/mol. The summed E-state index contributed by atoms with van der Waals surface area (Å²) in [4.78, 5) is 32.5. The van der Waals surface area contributed by atoms with E-state index in [4.69, 9.17) is 33.8 Å². The summed E-state index contributed by atoms with van der Waals surface area (Å²) in [6.45, 7) is 3.42. The van der Waals surface area contributed by atoms with Crippen LogP contribution >= 0.6 is 34.5 Å². The number of thiophene rings is 1. The molecule has 0 bridgehead atoms. The van der Waals surface area contributed by atoms with E-state index in [0.29, 0.717) is 27.8 Å². The Bertz CT molecular complexity index is 1610. The van der Waals surface area contributed by atoms with Gasteiger partial charge in [-0.1, -0.05) is 65.4 Å². The van der Waals surface area contributed by atoms with Gasteiger partial charge in [0.1, 0.15) is 11.9 Å². The van der Waals surface area contributed by atoms with Gasteiger partial charge in [-0.3, -0.25) is 0 Å². The number of nitrogens with one attached hydrogen (secondary N) is 1. The predicted molar refractivity (Wildman–Crippen MR) is 158 cm³/mol. The summed E-state index contributed by atoms with van der Waals surface area (Å²) in [5, 5.41) is 4.60. The predicted octanol–water partition coefficient (Wildman–Crippen LogP) is 7.73. The summed E-state index contributed by atoms with van der Waals surface area (Å²) in [6.07, 6.45) is 0.639. The number of primary amides is 1. The standard InChI is InChI=1S/C30H24Cl2FN3O3S/c1-18-7-16-25(31)28(27(18)32)35-26-6-4-3-5-24(26)29(37)39-36(30(34)38)19(2)8-13-22-14-15-23(40-22)17-20-9-11-21(33)12-10-20/h3-7,9-12,14-16,19,35H,17H2,1-2H3,(H2,34,38). The average molecular weight is 597 g/mol. The number of rotatable bonds is 6. The molecule has 6 nitrogen and oxygen atoms in total. The molecule has 0 fully saturated rings. The van der Waals surface area contributed by atoms with Crippen molar-refractivity contribution in [3.05, 3.63) is 115 Å². The third-order valence-corrected chi connectivity index (χ3v) is 7.60. The minimum Gasteiger partial charge on any atom is -0.352 e. The summed E-state index contributed by atoms with van der Waals surface area (Å²) in [7, 11) is 0. The fourth-order valence-electron chi connectivity index (χ4n) is 3.71. The Hall–Kier alpha value is -4.03. The molecule has 0 aliphatic carbocycles. The molecule has 0 aliphatic heterocycles. The second kappa shape index (κ2) is 12.9. The molecule has 1 unspecified atom stereocenters. The van der Waals surface area contributed by atoms with E-state index in [1.165, 1.54) is 29.5 Å². The number of nitrogens with two attached hydrogens (primary N) is 1. The van der Waals surface area contributed by atoms with Crippen LogP contribution in [0.1, 0.15) is 38.2 Å². The third kappa shape index (κ3) is 7.13. The Morgan fingerprint density at radius 1 is 1.07 bits per heavy atom. The van der Waals surface area contributed by atoms with Gasteiger partial charge in [0.15, 0.2) is 0 Å². The molecule has 0 aliphatic rings. The molecule has 4 aromatic rings. The lowest BCUT2D eigenvalue weighted by Gasteiger charge is -2.22. The molecule has 1 heterocycles. The van der Waals surface area contributed by atoms with Gasteiger partial charge in [0.2, 0.25) is 0 Å². The zero-order valence-corrected chi connectivity index (χ0v) is 23.8. The number of hydroxylamine groups is 2. The first-order valence-electron chi connectivity index (χ1n) is 12.1. The summed E-state index contributed by atoms with van der Waals surface area (Å²) in [5.41, 5.74) is 8.23. The van der Waals surface area contributed by atoms with Gasteiger partial charge in [-0.15, -0.1) is 16.4 Å². The van der Waals surface area contributed by atoms with Crippen LogP contribution in [0.25, 0.3) is 0 Å². The molecule has 0 saturated carbocycles. The van der Waals surface area contributed by atoms with Crippen LogP contribution in [0.5, 0.6) is 0 Å². The molecule has 40 heavy (non-hydrogen) atoms. The number of anilines is 2. The molecule has 3 N–H and O–H groups in total. The molecule has 3 aromatic carbocycles. The Morgan fingerprint density at radius 2 is 1.80 bits per heavy atom. The quantitative estimate of drug-likeness (QED) is 0.176. The molecule has 1 atom stereocenters. The first-order chi connectivity index (χ1) is 19.1. The molecule has 1 aromatic heterocycles. The van der Waals surface area contributed by atoms with Crippen molar-refractivity contribution in [1.29, 1.82) is 0 Å². The minimum absolute atomic E-state index is 0.131. The van der Waals surface area contributed by atoms with E-state index in [0.717, 1.165) is 25.9 Å². The second-order valence-electron chi connectivity index (χ2n) is 8.78. The van der Waals surface area contributed by atoms with Crippen LogP contribution in [0.3, 0.4) is 0 Å². The van der Waals surface area contributed by atoms with Gasteiger partial charge in [-0.25, -0.2) is 14.0 Å². The highest BCUT2D eigenvalue weighted by molar-refractivity contribution is 7.12. The van der Waals surface area contributed by atoms with Gasteiger partial charge in [0.05, 0.1) is 31.9 Å². The fourth-order valence-corrected chi connectivity index (χ4v) is 5.08. The lowest BCUT2D eigenvalue weighted by atomic mass is 10.1. The van der Waals surface area contributed by atoms with Gasteiger partial charge in [-0.2, -0.15) is 0 Å².